The van der Waals surface area contributed by atoms with Crippen LogP contribution in [0.1, 0.15) is 33.5 Å². The van der Waals surface area contributed by atoms with Gasteiger partial charge in [-0.05, 0) is 72.5 Å². The fraction of sp³-hybridized carbons (Fsp3) is 0.270. The second-order valence-electron chi connectivity index (χ2n) is 11.2. The van der Waals surface area contributed by atoms with Crippen molar-refractivity contribution in [2.75, 3.05) is 38.0 Å². The molecule has 244 valence electrons. The summed E-state index contributed by atoms with van der Waals surface area (Å²) in [7, 11) is 2.85. The van der Waals surface area contributed by atoms with Gasteiger partial charge in [0.1, 0.15) is 18.1 Å². The highest BCUT2D eigenvalue weighted by Crippen LogP contribution is 2.29. The Kier molecular flexibility index (Phi) is 11.1. The molecule has 0 saturated carbocycles. The predicted octanol–water partition coefficient (Wildman–Crippen LogP) is 6.24. The molecule has 2 N–H and O–H groups in total. The molecule has 1 fully saturated rings. The molecule has 2 atom stereocenters. The van der Waals surface area contributed by atoms with E-state index in [1.807, 2.05) is 66.4 Å². The molecule has 1 aliphatic rings. The van der Waals surface area contributed by atoms with Gasteiger partial charge in [-0.1, -0.05) is 54.6 Å². The number of hydrogen-bond acceptors (Lipinski definition) is 7. The van der Waals surface area contributed by atoms with E-state index < -0.39 is 12.0 Å². The van der Waals surface area contributed by atoms with E-state index in [2.05, 4.69) is 10.6 Å². The van der Waals surface area contributed by atoms with Crippen LogP contribution in [0.25, 0.3) is 0 Å². The summed E-state index contributed by atoms with van der Waals surface area (Å²) in [6.07, 6.45) is 0.555. The van der Waals surface area contributed by atoms with E-state index in [9.17, 15) is 14.4 Å². The number of aryl methyl sites for hydroxylation is 1. The molecule has 1 aliphatic heterocycles. The number of ether oxygens (including phenoxy) is 4. The first-order valence-electron chi connectivity index (χ1n) is 15.4. The lowest BCUT2D eigenvalue weighted by Gasteiger charge is -2.28. The number of amides is 3. The lowest BCUT2D eigenvalue weighted by atomic mass is 10.1. The first kappa shape index (κ1) is 33.0. The van der Waals surface area contributed by atoms with Gasteiger partial charge in [-0.2, -0.15) is 0 Å². The minimum atomic E-state index is -0.426. The number of benzene rings is 4. The zero-order valence-corrected chi connectivity index (χ0v) is 26.7. The molecule has 10 nitrogen and oxygen atoms in total. The molecule has 0 spiro atoms. The number of nitrogens with zero attached hydrogens (tertiary/aromatic N) is 1. The molecular weight excluding hydrogens is 598 g/mol. The fourth-order valence-electron chi connectivity index (χ4n) is 5.50. The average molecular weight is 638 g/mol. The smallest absolute Gasteiger partial charge is 0.337 e. The zero-order valence-electron chi connectivity index (χ0n) is 26.7. The Morgan fingerprint density at radius 3 is 2.28 bits per heavy atom. The summed E-state index contributed by atoms with van der Waals surface area (Å²) in [5.74, 6) is 0.504. The number of carbonyl (C=O) groups excluding carboxylic acids is 3. The summed E-state index contributed by atoms with van der Waals surface area (Å²) < 4.78 is 22.8. The van der Waals surface area contributed by atoms with E-state index in [4.69, 9.17) is 18.9 Å². The third-order valence-electron chi connectivity index (χ3n) is 8.07. The van der Waals surface area contributed by atoms with E-state index in [0.29, 0.717) is 48.0 Å². The lowest BCUT2D eigenvalue weighted by Crippen LogP contribution is -2.44. The summed E-state index contributed by atoms with van der Waals surface area (Å²) >= 11 is 0. The Morgan fingerprint density at radius 2 is 1.55 bits per heavy atom. The van der Waals surface area contributed by atoms with Crippen molar-refractivity contribution in [3.05, 3.63) is 119 Å². The van der Waals surface area contributed by atoms with E-state index in [1.54, 1.807) is 42.5 Å². The van der Waals surface area contributed by atoms with Gasteiger partial charge in [0.2, 0.25) is 5.91 Å². The molecule has 47 heavy (non-hydrogen) atoms. The number of anilines is 2. The van der Waals surface area contributed by atoms with Gasteiger partial charge in [0.25, 0.3) is 0 Å². The third-order valence-corrected chi connectivity index (χ3v) is 8.07. The van der Waals surface area contributed by atoms with Crippen LogP contribution in [0.2, 0.25) is 0 Å². The zero-order chi connectivity index (χ0) is 33.2. The molecule has 0 aromatic heterocycles. The molecule has 0 aliphatic carbocycles. The van der Waals surface area contributed by atoms with Crippen molar-refractivity contribution in [1.82, 2.24) is 4.90 Å². The Labute approximate surface area is 274 Å². The molecular formula is C37H39N3O7. The standard InChI is InChI=1S/C37H39N3O7/c1-25-9-7-8-12-30(25)38-37(43)39-31-18-13-27(21-34(31)44-2)22-35(41)40-20-19-33(47-23-26-10-5-4-6-11-26)32(40)24-46-29-16-14-28(15-17-29)36(42)45-3/h4-18,21,32-33H,19-20,22-24H2,1-3H3,(H2,38,39,43)/t32-,33-/m1/s1. The molecule has 0 radical (unpaired) electrons. The maximum Gasteiger partial charge on any atom is 0.337 e. The van der Waals surface area contributed by atoms with Crippen LogP contribution in [0.5, 0.6) is 11.5 Å². The van der Waals surface area contributed by atoms with Crippen molar-refractivity contribution in [2.45, 2.75) is 38.5 Å². The van der Waals surface area contributed by atoms with Gasteiger partial charge in [-0.25, -0.2) is 9.59 Å². The monoisotopic (exact) mass is 637 g/mol. The van der Waals surface area contributed by atoms with Crippen LogP contribution in [0, 0.1) is 6.92 Å². The highest BCUT2D eigenvalue weighted by Gasteiger charge is 2.38. The third kappa shape index (κ3) is 8.68. The van der Waals surface area contributed by atoms with Crippen molar-refractivity contribution in [2.24, 2.45) is 0 Å². The molecule has 0 bridgehead atoms. The van der Waals surface area contributed by atoms with Crippen molar-refractivity contribution >= 4 is 29.3 Å². The van der Waals surface area contributed by atoms with E-state index >= 15 is 0 Å². The van der Waals surface area contributed by atoms with Gasteiger partial charge < -0.3 is 34.5 Å². The lowest BCUT2D eigenvalue weighted by molar-refractivity contribution is -0.133. The van der Waals surface area contributed by atoms with Gasteiger partial charge in [-0.15, -0.1) is 0 Å². The van der Waals surface area contributed by atoms with E-state index in [-0.39, 0.29) is 31.1 Å². The summed E-state index contributed by atoms with van der Waals surface area (Å²) in [6, 6.07) is 28.7. The number of esters is 1. The molecule has 0 unspecified atom stereocenters. The second kappa shape index (κ2) is 15.8. The first-order valence-corrected chi connectivity index (χ1v) is 15.4. The topological polar surface area (TPSA) is 115 Å². The van der Waals surface area contributed by atoms with Crippen LogP contribution in [0.3, 0.4) is 0 Å². The Balaban J connectivity index is 1.26. The number of nitrogens with one attached hydrogen (secondary N) is 2. The minimum absolute atomic E-state index is 0.0782. The highest BCUT2D eigenvalue weighted by atomic mass is 16.5. The maximum atomic E-state index is 13.7. The largest absolute Gasteiger partial charge is 0.495 e. The number of likely N-dealkylation sites (tertiary alicyclic amines) is 1. The molecule has 1 saturated heterocycles. The normalized spacial score (nSPS) is 15.5. The summed E-state index contributed by atoms with van der Waals surface area (Å²) in [6.45, 7) is 3.07. The minimum Gasteiger partial charge on any atom is -0.495 e. The van der Waals surface area contributed by atoms with Crippen LogP contribution < -0.4 is 20.1 Å². The number of urea groups is 1. The Hall–Kier alpha value is -5.35. The van der Waals surface area contributed by atoms with E-state index in [1.165, 1.54) is 14.2 Å². The van der Waals surface area contributed by atoms with E-state index in [0.717, 1.165) is 16.7 Å². The van der Waals surface area contributed by atoms with Crippen LogP contribution in [0.4, 0.5) is 16.2 Å². The number of hydrogen-bond donors (Lipinski definition) is 2. The Bertz CT molecular complexity index is 1680. The number of rotatable bonds is 12. The summed E-state index contributed by atoms with van der Waals surface area (Å²) in [5.41, 5.74) is 4.34. The van der Waals surface area contributed by atoms with Gasteiger partial charge in [-0.3, -0.25) is 4.79 Å². The van der Waals surface area contributed by atoms with Crippen molar-refractivity contribution in [3.63, 3.8) is 0 Å². The number of para-hydroxylation sites is 1. The quantitative estimate of drug-likeness (QED) is 0.177. The molecule has 1 heterocycles. The first-order chi connectivity index (χ1) is 22.8. The van der Waals surface area contributed by atoms with Crippen LogP contribution in [0.15, 0.2) is 97.1 Å². The molecule has 4 aromatic rings. The van der Waals surface area contributed by atoms with Crippen LogP contribution in [-0.4, -0.2) is 62.3 Å². The SMILES string of the molecule is COC(=O)c1ccc(OC[C@@H]2[C@H](OCc3ccccc3)CCN2C(=O)Cc2ccc(NC(=O)Nc3ccccc3C)c(OC)c2)cc1. The predicted molar refractivity (Wildman–Crippen MR) is 179 cm³/mol. The highest BCUT2D eigenvalue weighted by molar-refractivity contribution is 6.01. The fourth-order valence-corrected chi connectivity index (χ4v) is 5.50. The van der Waals surface area contributed by atoms with Gasteiger partial charge in [0, 0.05) is 12.2 Å². The molecule has 10 heteroatoms. The Morgan fingerprint density at radius 1 is 0.830 bits per heavy atom. The van der Waals surface area contributed by atoms with Gasteiger partial charge in [0.15, 0.2) is 0 Å². The van der Waals surface area contributed by atoms with Gasteiger partial charge >= 0.3 is 12.0 Å². The molecule has 5 rings (SSSR count). The summed E-state index contributed by atoms with van der Waals surface area (Å²) in [5, 5.41) is 5.68. The molecule has 4 aromatic carbocycles. The van der Waals surface area contributed by atoms with Crippen molar-refractivity contribution < 1.29 is 33.3 Å². The van der Waals surface area contributed by atoms with Gasteiger partial charge in [0.05, 0.1) is 50.6 Å². The maximum absolute atomic E-state index is 13.7. The van der Waals surface area contributed by atoms with Crippen LogP contribution in [-0.2, 0) is 27.3 Å². The number of methoxy groups -OCH3 is 2. The number of carbonyl (C=O) groups is 3. The average Bonchev–Trinajstić information content (AvgIpc) is 3.51. The summed E-state index contributed by atoms with van der Waals surface area (Å²) in [4.78, 5) is 40.1. The van der Waals surface area contributed by atoms with Crippen LogP contribution >= 0.6 is 0 Å². The van der Waals surface area contributed by atoms with Crippen molar-refractivity contribution in [1.29, 1.82) is 0 Å². The second-order valence-corrected chi connectivity index (χ2v) is 11.2. The van der Waals surface area contributed by atoms with Crippen molar-refractivity contribution in [3.8, 4) is 11.5 Å². The molecule has 3 amide bonds.